The fraction of sp³-hybridized carbons (Fsp3) is 0.562. The van der Waals surface area contributed by atoms with Crippen molar-refractivity contribution in [3.05, 3.63) is 23.3 Å². The lowest BCUT2D eigenvalue weighted by Crippen LogP contribution is -2.22. The van der Waals surface area contributed by atoms with Gasteiger partial charge in [-0.2, -0.15) is 0 Å². The molecular weight excluding hydrogens is 252 g/mol. The lowest BCUT2D eigenvalue weighted by molar-refractivity contribution is -0.114. The molecule has 1 amide bonds. The van der Waals surface area contributed by atoms with Gasteiger partial charge < -0.3 is 10.4 Å². The number of hydrogen-bond acceptors (Lipinski definition) is 3. The maximum atomic E-state index is 11.2. The molecule has 0 radical (unpaired) electrons. The lowest BCUT2D eigenvalue weighted by Gasteiger charge is -2.21. The molecule has 2 N–H and O–H groups in total. The molecule has 112 valence electrons. The van der Waals surface area contributed by atoms with E-state index in [-0.39, 0.29) is 11.8 Å². The second kappa shape index (κ2) is 7.29. The van der Waals surface area contributed by atoms with Crippen molar-refractivity contribution in [3.63, 3.8) is 0 Å². The van der Waals surface area contributed by atoms with Crippen LogP contribution in [0.1, 0.15) is 51.7 Å². The number of nitrogens with one attached hydrogen (secondary N) is 1. The highest BCUT2D eigenvalue weighted by Crippen LogP contribution is 2.33. The van der Waals surface area contributed by atoms with Gasteiger partial charge in [0.2, 0.25) is 5.91 Å². The van der Waals surface area contributed by atoms with Gasteiger partial charge >= 0.3 is 0 Å². The Bertz CT molecular complexity index is 466. The molecule has 1 rings (SSSR count). The van der Waals surface area contributed by atoms with Crippen molar-refractivity contribution < 1.29 is 9.90 Å². The molecule has 0 saturated carbocycles. The fourth-order valence-corrected chi connectivity index (χ4v) is 2.24. The van der Waals surface area contributed by atoms with Crippen LogP contribution in [0.3, 0.4) is 0 Å². The minimum absolute atomic E-state index is 0.0980. The van der Waals surface area contributed by atoms with Crippen LogP contribution in [0.2, 0.25) is 0 Å². The average Bonchev–Trinajstić information content (AvgIpc) is 2.37. The zero-order chi connectivity index (χ0) is 15.3. The van der Waals surface area contributed by atoms with Crippen LogP contribution in [0.25, 0.3) is 0 Å². The van der Waals surface area contributed by atoms with Gasteiger partial charge in [0.1, 0.15) is 5.75 Å². The minimum Gasteiger partial charge on any atom is -0.507 e. The summed E-state index contributed by atoms with van der Waals surface area (Å²) in [5.74, 6) is 0.458. The molecule has 4 nitrogen and oxygen atoms in total. The second-order valence-corrected chi connectivity index (χ2v) is 5.37. The number of carbonyl (C=O) groups is 1. The molecule has 0 aliphatic rings. The molecule has 0 unspecified atom stereocenters. The summed E-state index contributed by atoms with van der Waals surface area (Å²) in [6.45, 7) is 12.3. The lowest BCUT2D eigenvalue weighted by atomic mass is 9.97. The molecule has 0 fully saturated rings. The van der Waals surface area contributed by atoms with Crippen LogP contribution in [0, 0.1) is 0 Å². The average molecular weight is 278 g/mol. The summed E-state index contributed by atoms with van der Waals surface area (Å²) in [5.41, 5.74) is 2.49. The van der Waals surface area contributed by atoms with Crippen LogP contribution in [0.5, 0.6) is 5.75 Å². The van der Waals surface area contributed by atoms with Crippen LogP contribution >= 0.6 is 0 Å². The van der Waals surface area contributed by atoms with E-state index in [2.05, 4.69) is 24.1 Å². The van der Waals surface area contributed by atoms with E-state index in [1.54, 1.807) is 0 Å². The van der Waals surface area contributed by atoms with Crippen LogP contribution in [-0.4, -0.2) is 29.0 Å². The molecule has 0 aliphatic carbocycles. The molecule has 20 heavy (non-hydrogen) atoms. The van der Waals surface area contributed by atoms with Crippen molar-refractivity contribution in [2.45, 2.75) is 47.1 Å². The number of hydrogen-bond donors (Lipinski definition) is 2. The van der Waals surface area contributed by atoms with E-state index < -0.39 is 0 Å². The third kappa shape index (κ3) is 4.23. The Kier molecular flexibility index (Phi) is 6.02. The second-order valence-electron chi connectivity index (χ2n) is 5.37. The number of phenolic OH excluding ortho intramolecular Hbond substituents is 1. The fourth-order valence-electron chi connectivity index (χ4n) is 2.24. The van der Waals surface area contributed by atoms with Crippen molar-refractivity contribution >= 4 is 11.6 Å². The predicted molar refractivity (Wildman–Crippen MR) is 83.1 cm³/mol. The molecule has 0 bridgehead atoms. The molecule has 0 aromatic heterocycles. The normalized spacial score (nSPS) is 11.2. The van der Waals surface area contributed by atoms with Crippen LogP contribution in [0.15, 0.2) is 12.1 Å². The van der Waals surface area contributed by atoms with Gasteiger partial charge in [-0.05, 0) is 36.7 Å². The highest BCUT2D eigenvalue weighted by molar-refractivity contribution is 5.89. The minimum atomic E-state index is -0.0980. The monoisotopic (exact) mass is 278 g/mol. The molecule has 0 aliphatic heterocycles. The van der Waals surface area contributed by atoms with Crippen molar-refractivity contribution in [1.82, 2.24) is 4.90 Å². The summed E-state index contributed by atoms with van der Waals surface area (Å²) in [4.78, 5) is 13.5. The van der Waals surface area contributed by atoms with Gasteiger partial charge in [-0.15, -0.1) is 0 Å². The van der Waals surface area contributed by atoms with E-state index >= 15 is 0 Å². The first-order valence-corrected chi connectivity index (χ1v) is 7.24. The standard InChI is InChI=1S/C16H26N2O2/c1-6-18(7-2)10-13-8-14(17-12(5)19)9-15(11(3)4)16(13)20/h8-9,11,20H,6-7,10H2,1-5H3,(H,17,19). The Labute approximate surface area is 121 Å². The number of aromatic hydroxyl groups is 1. The predicted octanol–water partition coefficient (Wildman–Crippen LogP) is 3.32. The van der Waals surface area contributed by atoms with Gasteiger partial charge in [0.25, 0.3) is 0 Å². The van der Waals surface area contributed by atoms with Crippen molar-refractivity contribution in [2.24, 2.45) is 0 Å². The number of carbonyl (C=O) groups excluding carboxylic acids is 1. The Morgan fingerprint density at radius 1 is 1.30 bits per heavy atom. The maximum Gasteiger partial charge on any atom is 0.221 e. The Morgan fingerprint density at radius 3 is 2.35 bits per heavy atom. The Balaban J connectivity index is 3.19. The first-order valence-electron chi connectivity index (χ1n) is 7.24. The van der Waals surface area contributed by atoms with Crippen molar-refractivity contribution in [2.75, 3.05) is 18.4 Å². The summed E-state index contributed by atoms with van der Waals surface area (Å²) < 4.78 is 0. The first kappa shape index (κ1) is 16.5. The third-order valence-corrected chi connectivity index (χ3v) is 3.45. The molecule has 0 saturated heterocycles. The zero-order valence-electron chi connectivity index (χ0n) is 13.2. The van der Waals surface area contributed by atoms with Gasteiger partial charge in [0.05, 0.1) is 0 Å². The highest BCUT2D eigenvalue weighted by Gasteiger charge is 2.15. The van der Waals surface area contributed by atoms with Gasteiger partial charge in [-0.1, -0.05) is 27.7 Å². The molecular formula is C16H26N2O2. The van der Waals surface area contributed by atoms with Gasteiger partial charge in [-0.25, -0.2) is 0 Å². The Hall–Kier alpha value is -1.55. The summed E-state index contributed by atoms with van der Waals surface area (Å²) in [6.07, 6.45) is 0. The molecule has 1 aromatic rings. The van der Waals surface area contributed by atoms with E-state index in [1.807, 2.05) is 26.0 Å². The smallest absolute Gasteiger partial charge is 0.221 e. The van der Waals surface area contributed by atoms with Gasteiger partial charge in [0, 0.05) is 24.7 Å². The largest absolute Gasteiger partial charge is 0.507 e. The summed E-state index contributed by atoms with van der Waals surface area (Å²) in [6, 6.07) is 3.72. The number of anilines is 1. The SMILES string of the molecule is CCN(CC)Cc1cc(NC(C)=O)cc(C(C)C)c1O. The van der Waals surface area contributed by atoms with Crippen molar-refractivity contribution in [1.29, 1.82) is 0 Å². The first-order chi connectivity index (χ1) is 9.38. The number of amides is 1. The van der Waals surface area contributed by atoms with Gasteiger partial charge in [-0.3, -0.25) is 9.69 Å². The number of nitrogens with zero attached hydrogens (tertiary/aromatic N) is 1. The van der Waals surface area contributed by atoms with Crippen LogP contribution in [-0.2, 0) is 11.3 Å². The van der Waals surface area contributed by atoms with E-state index in [9.17, 15) is 9.90 Å². The highest BCUT2D eigenvalue weighted by atomic mass is 16.3. The van der Waals surface area contributed by atoms with E-state index in [1.165, 1.54) is 6.92 Å². The van der Waals surface area contributed by atoms with Gasteiger partial charge in [0.15, 0.2) is 0 Å². The van der Waals surface area contributed by atoms with E-state index in [4.69, 9.17) is 0 Å². The van der Waals surface area contributed by atoms with E-state index in [0.717, 1.165) is 29.9 Å². The summed E-state index contributed by atoms with van der Waals surface area (Å²) in [7, 11) is 0. The summed E-state index contributed by atoms with van der Waals surface area (Å²) in [5, 5.41) is 13.2. The van der Waals surface area contributed by atoms with Crippen LogP contribution < -0.4 is 5.32 Å². The number of benzene rings is 1. The zero-order valence-corrected chi connectivity index (χ0v) is 13.2. The quantitative estimate of drug-likeness (QED) is 0.785. The summed E-state index contributed by atoms with van der Waals surface area (Å²) >= 11 is 0. The van der Waals surface area contributed by atoms with E-state index in [0.29, 0.717) is 12.3 Å². The number of rotatable bonds is 6. The molecule has 0 spiro atoms. The molecule has 1 aromatic carbocycles. The third-order valence-electron chi connectivity index (χ3n) is 3.45. The molecule has 0 heterocycles. The maximum absolute atomic E-state index is 11.2. The number of phenols is 1. The molecule has 4 heteroatoms. The van der Waals surface area contributed by atoms with Crippen molar-refractivity contribution in [3.8, 4) is 5.75 Å². The molecule has 0 atom stereocenters. The van der Waals surface area contributed by atoms with Crippen LogP contribution in [0.4, 0.5) is 5.69 Å². The Morgan fingerprint density at radius 2 is 1.90 bits per heavy atom. The topological polar surface area (TPSA) is 52.6 Å².